The van der Waals surface area contributed by atoms with Gasteiger partial charge in [0, 0.05) is 33.2 Å². The van der Waals surface area contributed by atoms with Gasteiger partial charge >= 0.3 is 0 Å². The number of guanidine groups is 1. The molecule has 0 aliphatic heterocycles. The average Bonchev–Trinajstić information content (AvgIpc) is 2.71. The summed E-state index contributed by atoms with van der Waals surface area (Å²) in [6, 6.07) is 13.1. The predicted octanol–water partition coefficient (Wildman–Crippen LogP) is 3.38. The first-order valence-electron chi connectivity index (χ1n) is 9.50. The van der Waals surface area contributed by atoms with Gasteiger partial charge in [-0.3, -0.25) is 4.99 Å². The SMILES string of the molecule is CN=C(NCCc1ccc(F)cc1)NCc1ccc(S(=O)(=O)N(C)C(C)C)cc1.I. The van der Waals surface area contributed by atoms with E-state index in [0.29, 0.717) is 19.0 Å². The molecule has 2 aromatic rings. The van der Waals surface area contributed by atoms with Crippen LogP contribution in [0.5, 0.6) is 0 Å². The summed E-state index contributed by atoms with van der Waals surface area (Å²) in [6.45, 7) is 4.84. The van der Waals surface area contributed by atoms with E-state index >= 15 is 0 Å². The minimum Gasteiger partial charge on any atom is -0.356 e. The molecule has 0 saturated heterocycles. The van der Waals surface area contributed by atoms with Crippen LogP contribution in [-0.4, -0.2) is 45.4 Å². The fourth-order valence-corrected chi connectivity index (χ4v) is 3.97. The highest BCUT2D eigenvalue weighted by Gasteiger charge is 2.22. The van der Waals surface area contributed by atoms with Crippen molar-refractivity contribution in [3.05, 3.63) is 65.5 Å². The molecule has 0 radical (unpaired) electrons. The first-order valence-corrected chi connectivity index (χ1v) is 10.9. The molecule has 2 rings (SSSR count). The van der Waals surface area contributed by atoms with Crippen LogP contribution in [0, 0.1) is 5.82 Å². The summed E-state index contributed by atoms with van der Waals surface area (Å²) in [5.41, 5.74) is 1.98. The summed E-state index contributed by atoms with van der Waals surface area (Å²) in [5.74, 6) is 0.400. The van der Waals surface area contributed by atoms with E-state index < -0.39 is 10.0 Å². The van der Waals surface area contributed by atoms with Gasteiger partial charge in [0.25, 0.3) is 0 Å². The van der Waals surface area contributed by atoms with Crippen molar-refractivity contribution < 1.29 is 12.8 Å². The molecule has 0 aliphatic rings. The van der Waals surface area contributed by atoms with Crippen LogP contribution in [0.15, 0.2) is 58.4 Å². The number of benzene rings is 2. The number of hydrogen-bond donors (Lipinski definition) is 2. The van der Waals surface area contributed by atoms with Gasteiger partial charge in [-0.1, -0.05) is 24.3 Å². The lowest BCUT2D eigenvalue weighted by Crippen LogP contribution is -2.37. The lowest BCUT2D eigenvalue weighted by molar-refractivity contribution is 0.410. The van der Waals surface area contributed by atoms with Crippen LogP contribution in [0.1, 0.15) is 25.0 Å². The Hall–Kier alpha value is -1.72. The van der Waals surface area contributed by atoms with E-state index in [1.54, 1.807) is 50.5 Å². The van der Waals surface area contributed by atoms with Crippen LogP contribution < -0.4 is 10.6 Å². The Balaban J connectivity index is 0.00000450. The van der Waals surface area contributed by atoms with Crippen LogP contribution in [0.25, 0.3) is 0 Å². The summed E-state index contributed by atoms with van der Waals surface area (Å²) in [7, 11) is -0.213. The van der Waals surface area contributed by atoms with Crippen molar-refractivity contribution in [3.8, 4) is 0 Å². The fourth-order valence-electron chi connectivity index (χ4n) is 2.61. The highest BCUT2D eigenvalue weighted by molar-refractivity contribution is 14.0. The van der Waals surface area contributed by atoms with E-state index in [-0.39, 0.29) is 40.7 Å². The molecule has 9 heteroatoms. The zero-order valence-electron chi connectivity index (χ0n) is 17.7. The van der Waals surface area contributed by atoms with Gasteiger partial charge in [-0.05, 0) is 55.7 Å². The molecule has 0 aliphatic carbocycles. The zero-order valence-corrected chi connectivity index (χ0v) is 20.9. The van der Waals surface area contributed by atoms with Gasteiger partial charge in [0.05, 0.1) is 4.90 Å². The molecule has 0 heterocycles. The topological polar surface area (TPSA) is 73.8 Å². The number of nitrogens with one attached hydrogen (secondary N) is 2. The van der Waals surface area contributed by atoms with E-state index in [4.69, 9.17) is 0 Å². The fraction of sp³-hybridized carbons (Fsp3) is 0.381. The van der Waals surface area contributed by atoms with Crippen molar-refractivity contribution >= 4 is 40.0 Å². The standard InChI is InChI=1S/C21H29FN4O2S.HI/c1-16(2)26(4)29(27,28)20-11-7-18(8-12-20)15-25-21(23-3)24-14-13-17-5-9-19(22)10-6-17;/h5-12,16H,13-15H2,1-4H3,(H2,23,24,25);1H. The number of hydrogen-bond acceptors (Lipinski definition) is 3. The number of aliphatic imine (C=N–C) groups is 1. The number of nitrogens with zero attached hydrogens (tertiary/aromatic N) is 2. The van der Waals surface area contributed by atoms with Gasteiger partial charge in [0.2, 0.25) is 10.0 Å². The summed E-state index contributed by atoms with van der Waals surface area (Å²) in [5, 5.41) is 6.41. The van der Waals surface area contributed by atoms with E-state index in [2.05, 4.69) is 15.6 Å². The van der Waals surface area contributed by atoms with Gasteiger partial charge in [-0.2, -0.15) is 4.31 Å². The molecule has 6 nitrogen and oxygen atoms in total. The third-order valence-corrected chi connectivity index (χ3v) is 6.68. The molecule has 2 N–H and O–H groups in total. The molecule has 0 saturated carbocycles. The molecular weight excluding hydrogens is 518 g/mol. The second kappa shape index (κ2) is 12.2. The van der Waals surface area contributed by atoms with Crippen LogP contribution in [0.4, 0.5) is 4.39 Å². The average molecular weight is 548 g/mol. The minimum absolute atomic E-state index is 0. The molecule has 30 heavy (non-hydrogen) atoms. The largest absolute Gasteiger partial charge is 0.356 e. The molecular formula is C21H30FIN4O2S. The number of halogens is 2. The molecule has 0 atom stereocenters. The van der Waals surface area contributed by atoms with E-state index in [9.17, 15) is 12.8 Å². The zero-order chi connectivity index (χ0) is 21.4. The Kier molecular flexibility index (Phi) is 10.7. The third-order valence-electron chi connectivity index (χ3n) is 4.63. The minimum atomic E-state index is -3.48. The van der Waals surface area contributed by atoms with Crippen molar-refractivity contribution in [1.82, 2.24) is 14.9 Å². The highest BCUT2D eigenvalue weighted by Crippen LogP contribution is 2.17. The molecule has 0 spiro atoms. The maximum absolute atomic E-state index is 12.9. The summed E-state index contributed by atoms with van der Waals surface area (Å²) in [4.78, 5) is 4.46. The third kappa shape index (κ3) is 7.51. The van der Waals surface area contributed by atoms with Crippen molar-refractivity contribution in [2.24, 2.45) is 4.99 Å². The lowest BCUT2D eigenvalue weighted by Gasteiger charge is -2.21. The molecule has 0 bridgehead atoms. The van der Waals surface area contributed by atoms with Crippen LogP contribution in [0.3, 0.4) is 0 Å². The van der Waals surface area contributed by atoms with Gasteiger partial charge in [0.15, 0.2) is 5.96 Å². The summed E-state index contributed by atoms with van der Waals surface area (Å²) < 4.78 is 39.3. The molecule has 0 aromatic heterocycles. The van der Waals surface area contributed by atoms with Crippen LogP contribution >= 0.6 is 24.0 Å². The molecule has 0 amide bonds. The molecule has 0 unspecified atom stereocenters. The van der Waals surface area contributed by atoms with Crippen LogP contribution in [0.2, 0.25) is 0 Å². The van der Waals surface area contributed by atoms with Crippen molar-refractivity contribution in [2.75, 3.05) is 20.6 Å². The highest BCUT2D eigenvalue weighted by atomic mass is 127. The van der Waals surface area contributed by atoms with E-state index in [0.717, 1.165) is 17.5 Å². The summed E-state index contributed by atoms with van der Waals surface area (Å²) >= 11 is 0. The van der Waals surface area contributed by atoms with E-state index in [1.165, 1.54) is 16.4 Å². The Morgan fingerprint density at radius 2 is 1.60 bits per heavy atom. The van der Waals surface area contributed by atoms with Crippen molar-refractivity contribution in [1.29, 1.82) is 0 Å². The summed E-state index contributed by atoms with van der Waals surface area (Å²) in [6.07, 6.45) is 0.747. The molecule has 2 aromatic carbocycles. The molecule has 0 fully saturated rings. The lowest BCUT2D eigenvalue weighted by atomic mass is 10.1. The second-order valence-electron chi connectivity index (χ2n) is 6.99. The van der Waals surface area contributed by atoms with Gasteiger partial charge in [0.1, 0.15) is 5.82 Å². The smallest absolute Gasteiger partial charge is 0.243 e. The Morgan fingerprint density at radius 3 is 2.13 bits per heavy atom. The van der Waals surface area contributed by atoms with Crippen molar-refractivity contribution in [3.63, 3.8) is 0 Å². The predicted molar refractivity (Wildman–Crippen MR) is 130 cm³/mol. The maximum atomic E-state index is 12.9. The van der Waals surface area contributed by atoms with Crippen molar-refractivity contribution in [2.45, 2.75) is 37.8 Å². The maximum Gasteiger partial charge on any atom is 0.243 e. The van der Waals surface area contributed by atoms with Gasteiger partial charge < -0.3 is 10.6 Å². The first kappa shape index (κ1) is 26.3. The van der Waals surface area contributed by atoms with E-state index in [1.807, 2.05) is 13.8 Å². The Labute approximate surface area is 196 Å². The quantitative estimate of drug-likeness (QED) is 0.302. The van der Waals surface area contributed by atoms with Gasteiger partial charge in [-0.25, -0.2) is 12.8 Å². The molecule has 166 valence electrons. The second-order valence-corrected chi connectivity index (χ2v) is 8.99. The number of sulfonamides is 1. The van der Waals surface area contributed by atoms with Crippen LogP contribution in [-0.2, 0) is 23.0 Å². The Morgan fingerprint density at radius 1 is 1.03 bits per heavy atom. The van der Waals surface area contributed by atoms with Gasteiger partial charge in [-0.15, -0.1) is 24.0 Å². The monoisotopic (exact) mass is 548 g/mol. The first-order chi connectivity index (χ1) is 13.7. The number of rotatable bonds is 8. The Bertz CT molecular complexity index is 917. The normalized spacial score (nSPS) is 12.0.